The van der Waals surface area contributed by atoms with Gasteiger partial charge in [0.25, 0.3) is 0 Å². The van der Waals surface area contributed by atoms with Crippen molar-refractivity contribution >= 4 is 0 Å². The molecule has 0 spiro atoms. The van der Waals surface area contributed by atoms with Crippen LogP contribution < -0.4 is 4.74 Å². The number of aliphatic hydroxyl groups excluding tert-OH is 1. The van der Waals surface area contributed by atoms with E-state index in [1.807, 2.05) is 24.3 Å². The van der Waals surface area contributed by atoms with Crippen molar-refractivity contribution in [3.63, 3.8) is 0 Å². The Bertz CT molecular complexity index is 332. The summed E-state index contributed by atoms with van der Waals surface area (Å²) in [5.41, 5.74) is 0.932. The lowest BCUT2D eigenvalue weighted by Gasteiger charge is -2.06. The van der Waals surface area contributed by atoms with Gasteiger partial charge < -0.3 is 9.84 Å². The standard InChI is InChI=1S/C19H32O2/c1-2-3-4-5-6-7-8-9-10-11-16-21-19-14-12-18(17-20)13-15-19/h12-15,20H,2-11,16-17H2,1H3. The molecular weight excluding hydrogens is 260 g/mol. The predicted molar refractivity (Wildman–Crippen MR) is 89.7 cm³/mol. The van der Waals surface area contributed by atoms with Crippen LogP contribution in [0, 0.1) is 0 Å². The fourth-order valence-corrected chi connectivity index (χ4v) is 2.47. The third kappa shape index (κ3) is 9.52. The topological polar surface area (TPSA) is 29.5 Å². The average Bonchev–Trinajstić information content (AvgIpc) is 2.53. The van der Waals surface area contributed by atoms with Crippen molar-refractivity contribution in [2.24, 2.45) is 0 Å². The van der Waals surface area contributed by atoms with E-state index >= 15 is 0 Å². The molecular formula is C19H32O2. The molecule has 0 unspecified atom stereocenters. The zero-order valence-corrected chi connectivity index (χ0v) is 13.7. The molecule has 2 heteroatoms. The van der Waals surface area contributed by atoms with Crippen molar-refractivity contribution in [1.82, 2.24) is 0 Å². The second kappa shape index (κ2) is 12.7. The predicted octanol–water partition coefficient (Wildman–Crippen LogP) is 5.48. The van der Waals surface area contributed by atoms with E-state index in [-0.39, 0.29) is 6.61 Å². The van der Waals surface area contributed by atoms with Crippen molar-refractivity contribution in [3.8, 4) is 5.75 Å². The number of rotatable bonds is 13. The summed E-state index contributed by atoms with van der Waals surface area (Å²) >= 11 is 0. The third-order valence-corrected chi connectivity index (χ3v) is 3.87. The van der Waals surface area contributed by atoms with Crippen molar-refractivity contribution < 1.29 is 9.84 Å². The van der Waals surface area contributed by atoms with Gasteiger partial charge in [0.1, 0.15) is 5.75 Å². The van der Waals surface area contributed by atoms with Crippen LogP contribution in [0.15, 0.2) is 24.3 Å². The summed E-state index contributed by atoms with van der Waals surface area (Å²) in [5.74, 6) is 0.906. The molecule has 21 heavy (non-hydrogen) atoms. The van der Waals surface area contributed by atoms with Crippen LogP contribution in [0.5, 0.6) is 5.75 Å². The monoisotopic (exact) mass is 292 g/mol. The Balaban J connectivity index is 1.88. The third-order valence-electron chi connectivity index (χ3n) is 3.87. The second-order valence-corrected chi connectivity index (χ2v) is 5.83. The normalized spacial score (nSPS) is 10.8. The quantitative estimate of drug-likeness (QED) is 0.488. The summed E-state index contributed by atoms with van der Waals surface area (Å²) in [7, 11) is 0. The van der Waals surface area contributed by atoms with Gasteiger partial charge in [-0.2, -0.15) is 0 Å². The Hall–Kier alpha value is -1.02. The molecule has 120 valence electrons. The van der Waals surface area contributed by atoms with E-state index in [1.54, 1.807) is 0 Å². The Morgan fingerprint density at radius 2 is 1.29 bits per heavy atom. The summed E-state index contributed by atoms with van der Waals surface area (Å²) in [6, 6.07) is 7.69. The first-order chi connectivity index (χ1) is 10.4. The SMILES string of the molecule is CCCCCCCCCCCCOc1ccc(CO)cc1. The van der Waals surface area contributed by atoms with E-state index in [9.17, 15) is 0 Å². The largest absolute Gasteiger partial charge is 0.494 e. The van der Waals surface area contributed by atoms with Crippen molar-refractivity contribution in [2.75, 3.05) is 6.61 Å². The van der Waals surface area contributed by atoms with Crippen LogP contribution in [0.3, 0.4) is 0 Å². The molecule has 1 aromatic rings. The van der Waals surface area contributed by atoms with Gasteiger partial charge in [-0.25, -0.2) is 0 Å². The molecule has 0 bridgehead atoms. The van der Waals surface area contributed by atoms with Gasteiger partial charge in [-0.1, -0.05) is 76.8 Å². The molecule has 1 rings (SSSR count). The lowest BCUT2D eigenvalue weighted by Crippen LogP contribution is -1.97. The molecule has 0 saturated carbocycles. The molecule has 0 aromatic heterocycles. The van der Waals surface area contributed by atoms with Gasteiger partial charge in [0, 0.05) is 0 Å². The minimum Gasteiger partial charge on any atom is -0.494 e. The number of ether oxygens (including phenoxy) is 1. The first kappa shape index (κ1) is 18.0. The summed E-state index contributed by atoms with van der Waals surface area (Å²) in [6.07, 6.45) is 13.5. The summed E-state index contributed by atoms with van der Waals surface area (Å²) in [6.45, 7) is 3.16. The number of hydrogen-bond donors (Lipinski definition) is 1. The molecule has 2 nitrogen and oxygen atoms in total. The van der Waals surface area contributed by atoms with E-state index in [1.165, 1.54) is 57.8 Å². The molecule has 0 saturated heterocycles. The van der Waals surface area contributed by atoms with Crippen molar-refractivity contribution in [1.29, 1.82) is 0 Å². The Kier molecular flexibility index (Phi) is 10.9. The Morgan fingerprint density at radius 3 is 1.81 bits per heavy atom. The fraction of sp³-hybridized carbons (Fsp3) is 0.684. The molecule has 0 fully saturated rings. The molecule has 0 atom stereocenters. The molecule has 0 amide bonds. The van der Waals surface area contributed by atoms with Crippen LogP contribution in [0.2, 0.25) is 0 Å². The maximum Gasteiger partial charge on any atom is 0.119 e. The average molecular weight is 292 g/mol. The van der Waals surface area contributed by atoms with Gasteiger partial charge in [-0.15, -0.1) is 0 Å². The summed E-state index contributed by atoms with van der Waals surface area (Å²) < 4.78 is 5.70. The summed E-state index contributed by atoms with van der Waals surface area (Å²) in [4.78, 5) is 0. The van der Waals surface area contributed by atoms with E-state index in [0.717, 1.165) is 24.3 Å². The maximum absolute atomic E-state index is 8.96. The first-order valence-corrected chi connectivity index (χ1v) is 8.69. The molecule has 1 aromatic carbocycles. The number of aliphatic hydroxyl groups is 1. The van der Waals surface area contributed by atoms with Gasteiger partial charge >= 0.3 is 0 Å². The number of benzene rings is 1. The lowest BCUT2D eigenvalue weighted by atomic mass is 10.1. The highest BCUT2D eigenvalue weighted by Crippen LogP contribution is 2.14. The van der Waals surface area contributed by atoms with Crippen LogP contribution >= 0.6 is 0 Å². The zero-order valence-electron chi connectivity index (χ0n) is 13.7. The molecule has 0 aliphatic heterocycles. The van der Waals surface area contributed by atoms with Gasteiger partial charge in [0.2, 0.25) is 0 Å². The molecule has 0 aliphatic rings. The minimum atomic E-state index is 0.0960. The van der Waals surface area contributed by atoms with Crippen LogP contribution in [-0.4, -0.2) is 11.7 Å². The second-order valence-electron chi connectivity index (χ2n) is 5.83. The van der Waals surface area contributed by atoms with Crippen molar-refractivity contribution in [3.05, 3.63) is 29.8 Å². The van der Waals surface area contributed by atoms with Crippen LogP contribution in [-0.2, 0) is 6.61 Å². The maximum atomic E-state index is 8.96. The number of unbranched alkanes of at least 4 members (excludes halogenated alkanes) is 9. The van der Waals surface area contributed by atoms with E-state index in [0.29, 0.717) is 0 Å². The van der Waals surface area contributed by atoms with Crippen LogP contribution in [0.4, 0.5) is 0 Å². The van der Waals surface area contributed by atoms with E-state index in [2.05, 4.69) is 6.92 Å². The first-order valence-electron chi connectivity index (χ1n) is 8.69. The van der Waals surface area contributed by atoms with Crippen LogP contribution in [0.25, 0.3) is 0 Å². The van der Waals surface area contributed by atoms with Gasteiger partial charge in [0.05, 0.1) is 13.2 Å². The summed E-state index contributed by atoms with van der Waals surface area (Å²) in [5, 5.41) is 8.96. The smallest absolute Gasteiger partial charge is 0.119 e. The molecule has 0 heterocycles. The highest BCUT2D eigenvalue weighted by molar-refractivity contribution is 5.26. The lowest BCUT2D eigenvalue weighted by molar-refractivity contribution is 0.281. The highest BCUT2D eigenvalue weighted by atomic mass is 16.5. The van der Waals surface area contributed by atoms with Gasteiger partial charge in [-0.05, 0) is 24.1 Å². The number of hydrogen-bond acceptors (Lipinski definition) is 2. The van der Waals surface area contributed by atoms with Gasteiger partial charge in [0.15, 0.2) is 0 Å². The van der Waals surface area contributed by atoms with Crippen molar-refractivity contribution in [2.45, 2.75) is 77.7 Å². The highest BCUT2D eigenvalue weighted by Gasteiger charge is 1.96. The Labute approximate surface area is 130 Å². The van der Waals surface area contributed by atoms with Crippen LogP contribution in [0.1, 0.15) is 76.7 Å². The van der Waals surface area contributed by atoms with E-state index < -0.39 is 0 Å². The minimum absolute atomic E-state index is 0.0960. The Morgan fingerprint density at radius 1 is 0.762 bits per heavy atom. The van der Waals surface area contributed by atoms with Gasteiger partial charge in [-0.3, -0.25) is 0 Å². The molecule has 0 radical (unpaired) electrons. The molecule has 1 N–H and O–H groups in total. The fourth-order valence-electron chi connectivity index (χ4n) is 2.47. The zero-order chi connectivity index (χ0) is 15.2. The van der Waals surface area contributed by atoms with E-state index in [4.69, 9.17) is 9.84 Å². The molecule has 0 aliphatic carbocycles.